The summed E-state index contributed by atoms with van der Waals surface area (Å²) in [6, 6.07) is 14.5. The minimum absolute atomic E-state index is 0.00731. The molecule has 3 fully saturated rings. The first-order chi connectivity index (χ1) is 18.2. The number of carbonyl (C=O) groups excluding carboxylic acids is 2. The minimum Gasteiger partial charge on any atom is -0.368 e. The molecule has 38 heavy (non-hydrogen) atoms. The van der Waals surface area contributed by atoms with Crippen molar-refractivity contribution in [1.82, 2.24) is 10.2 Å². The maximum absolute atomic E-state index is 14.4. The van der Waals surface area contributed by atoms with Gasteiger partial charge in [-0.2, -0.15) is 0 Å². The molecule has 2 aromatic rings. The number of piperazine rings is 1. The molecule has 1 atom stereocenters. The monoisotopic (exact) mass is 538 g/mol. The summed E-state index contributed by atoms with van der Waals surface area (Å²) in [5.74, 6) is -0.580. The SMILES string of the molecule is Cc1ccc(C)c(N2CCN(C(=O)[C@@]3(S(=O)(=O)CC4CCCCC4)CNC(=O)N3c3ccccc3)CC2)c1. The predicted octanol–water partition coefficient (Wildman–Crippen LogP) is 3.87. The lowest BCUT2D eigenvalue weighted by atomic mass is 9.91. The van der Waals surface area contributed by atoms with Crippen molar-refractivity contribution in [1.29, 1.82) is 0 Å². The minimum atomic E-state index is -4.04. The molecule has 2 saturated heterocycles. The molecule has 5 rings (SSSR count). The van der Waals surface area contributed by atoms with Gasteiger partial charge in [0.1, 0.15) is 0 Å². The summed E-state index contributed by atoms with van der Waals surface area (Å²) in [6.45, 7) is 5.88. The number of anilines is 2. The van der Waals surface area contributed by atoms with Crippen LogP contribution >= 0.6 is 0 Å². The number of para-hydroxylation sites is 1. The number of urea groups is 1. The van der Waals surface area contributed by atoms with Gasteiger partial charge in [-0.1, -0.05) is 49.6 Å². The molecule has 2 aromatic carbocycles. The number of aryl methyl sites for hydroxylation is 2. The molecule has 1 N–H and O–H groups in total. The summed E-state index contributed by atoms with van der Waals surface area (Å²) >= 11 is 0. The number of hydrogen-bond acceptors (Lipinski definition) is 5. The van der Waals surface area contributed by atoms with Gasteiger partial charge in [-0.15, -0.1) is 0 Å². The van der Waals surface area contributed by atoms with E-state index < -0.39 is 26.6 Å². The molecule has 8 nitrogen and oxygen atoms in total. The third kappa shape index (κ3) is 4.77. The quantitative estimate of drug-likeness (QED) is 0.603. The lowest BCUT2D eigenvalue weighted by Gasteiger charge is -2.43. The summed E-state index contributed by atoms with van der Waals surface area (Å²) in [6.07, 6.45) is 4.79. The molecular weight excluding hydrogens is 500 g/mol. The Morgan fingerprint density at radius 1 is 0.974 bits per heavy atom. The Bertz CT molecular complexity index is 1280. The molecule has 2 aliphatic heterocycles. The molecule has 1 saturated carbocycles. The van der Waals surface area contributed by atoms with Crippen molar-refractivity contribution in [2.24, 2.45) is 5.92 Å². The van der Waals surface area contributed by atoms with Crippen molar-refractivity contribution in [3.63, 3.8) is 0 Å². The summed E-state index contributed by atoms with van der Waals surface area (Å²) in [7, 11) is -4.04. The standard InChI is InChI=1S/C29H38N4O4S/c1-22-13-14-23(2)26(19-22)31-15-17-32(18-16-31)27(34)29(38(36,37)20-24-9-5-3-6-10-24)21-30-28(35)33(29)25-11-7-4-8-12-25/h4,7-8,11-14,19,24H,3,5-6,9-10,15-18,20-21H2,1-2H3,(H,30,35)/t29-/m0/s1. The van der Waals surface area contributed by atoms with E-state index in [4.69, 9.17) is 0 Å². The van der Waals surface area contributed by atoms with Gasteiger partial charge in [0.15, 0.2) is 9.84 Å². The van der Waals surface area contributed by atoms with E-state index in [9.17, 15) is 18.0 Å². The summed E-state index contributed by atoms with van der Waals surface area (Å²) in [4.78, 5) is 30.7. The van der Waals surface area contributed by atoms with E-state index in [-0.39, 0.29) is 18.2 Å². The van der Waals surface area contributed by atoms with E-state index in [1.54, 1.807) is 29.2 Å². The van der Waals surface area contributed by atoms with Crippen molar-refractivity contribution in [2.45, 2.75) is 50.8 Å². The highest BCUT2D eigenvalue weighted by Crippen LogP contribution is 2.38. The third-order valence-corrected chi connectivity index (χ3v) is 10.8. The fourth-order valence-electron chi connectivity index (χ4n) is 6.23. The highest BCUT2D eigenvalue weighted by atomic mass is 32.2. The van der Waals surface area contributed by atoms with Crippen LogP contribution in [0.1, 0.15) is 43.2 Å². The first-order valence-corrected chi connectivity index (χ1v) is 15.4. The van der Waals surface area contributed by atoms with Crippen LogP contribution in [0.15, 0.2) is 48.5 Å². The molecule has 0 spiro atoms. The Morgan fingerprint density at radius 3 is 2.34 bits per heavy atom. The molecule has 0 unspecified atom stereocenters. The average molecular weight is 539 g/mol. The maximum atomic E-state index is 14.4. The number of amides is 3. The molecule has 204 valence electrons. The second kappa shape index (κ2) is 10.6. The lowest BCUT2D eigenvalue weighted by Crippen LogP contribution is -2.66. The van der Waals surface area contributed by atoms with Crippen molar-refractivity contribution in [3.05, 3.63) is 59.7 Å². The predicted molar refractivity (Wildman–Crippen MR) is 150 cm³/mol. The van der Waals surface area contributed by atoms with Gasteiger partial charge in [0.25, 0.3) is 5.91 Å². The molecule has 2 heterocycles. The number of carbonyl (C=O) groups is 2. The largest absolute Gasteiger partial charge is 0.368 e. The fourth-order valence-corrected chi connectivity index (χ4v) is 8.62. The van der Waals surface area contributed by atoms with Crippen LogP contribution in [-0.2, 0) is 14.6 Å². The zero-order valence-electron chi connectivity index (χ0n) is 22.4. The molecule has 3 amide bonds. The van der Waals surface area contributed by atoms with Crippen LogP contribution in [0.25, 0.3) is 0 Å². The maximum Gasteiger partial charge on any atom is 0.323 e. The first-order valence-electron chi connectivity index (χ1n) is 13.7. The second-order valence-corrected chi connectivity index (χ2v) is 13.2. The van der Waals surface area contributed by atoms with Gasteiger partial charge < -0.3 is 15.1 Å². The molecule has 0 aromatic heterocycles. The van der Waals surface area contributed by atoms with E-state index in [1.165, 1.54) is 16.0 Å². The Kier molecular flexibility index (Phi) is 7.40. The van der Waals surface area contributed by atoms with Gasteiger partial charge in [-0.05, 0) is 61.9 Å². The topological polar surface area (TPSA) is 90.0 Å². The van der Waals surface area contributed by atoms with E-state index in [0.717, 1.165) is 37.8 Å². The average Bonchev–Trinajstić information content (AvgIpc) is 3.29. The van der Waals surface area contributed by atoms with Crippen LogP contribution in [-0.4, -0.2) is 68.6 Å². The highest BCUT2D eigenvalue weighted by Gasteiger charge is 2.63. The number of rotatable bonds is 6. The van der Waals surface area contributed by atoms with Gasteiger partial charge in [-0.25, -0.2) is 13.2 Å². The van der Waals surface area contributed by atoms with Crippen LogP contribution in [0, 0.1) is 19.8 Å². The van der Waals surface area contributed by atoms with Gasteiger partial charge in [0.2, 0.25) is 4.87 Å². The van der Waals surface area contributed by atoms with Gasteiger partial charge in [0.05, 0.1) is 12.3 Å². The van der Waals surface area contributed by atoms with Gasteiger partial charge in [-0.3, -0.25) is 9.69 Å². The zero-order chi connectivity index (χ0) is 26.9. The van der Waals surface area contributed by atoms with Crippen LogP contribution < -0.4 is 15.1 Å². The molecule has 1 aliphatic carbocycles. The summed E-state index contributed by atoms with van der Waals surface area (Å²) in [5.41, 5.74) is 3.89. The molecular formula is C29H38N4O4S. The Hall–Kier alpha value is -3.07. The lowest BCUT2D eigenvalue weighted by molar-refractivity contribution is -0.133. The molecule has 9 heteroatoms. The van der Waals surface area contributed by atoms with Crippen LogP contribution in [0.4, 0.5) is 16.2 Å². The Morgan fingerprint density at radius 2 is 1.66 bits per heavy atom. The number of sulfone groups is 1. The smallest absolute Gasteiger partial charge is 0.323 e. The van der Waals surface area contributed by atoms with Crippen molar-refractivity contribution in [3.8, 4) is 0 Å². The Labute approximate surface area is 225 Å². The number of nitrogens with one attached hydrogen (secondary N) is 1. The molecule has 0 bridgehead atoms. The van der Waals surface area contributed by atoms with E-state index >= 15 is 0 Å². The summed E-state index contributed by atoms with van der Waals surface area (Å²) < 4.78 is 28.6. The van der Waals surface area contributed by atoms with E-state index in [2.05, 4.69) is 42.3 Å². The number of benzene rings is 2. The second-order valence-electron chi connectivity index (χ2n) is 11.0. The van der Waals surface area contributed by atoms with E-state index in [0.29, 0.717) is 31.9 Å². The third-order valence-electron chi connectivity index (χ3n) is 8.36. The van der Waals surface area contributed by atoms with Crippen molar-refractivity contribution in [2.75, 3.05) is 48.3 Å². The number of hydrogen-bond donors (Lipinski definition) is 1. The molecule has 0 radical (unpaired) electrons. The fraction of sp³-hybridized carbons (Fsp3) is 0.517. The van der Waals surface area contributed by atoms with Gasteiger partial charge >= 0.3 is 6.03 Å². The van der Waals surface area contributed by atoms with Crippen molar-refractivity contribution < 1.29 is 18.0 Å². The highest BCUT2D eigenvalue weighted by molar-refractivity contribution is 7.93. The van der Waals surface area contributed by atoms with E-state index in [1.807, 2.05) is 6.07 Å². The van der Waals surface area contributed by atoms with Crippen LogP contribution in [0.3, 0.4) is 0 Å². The Balaban J connectivity index is 1.47. The molecule has 3 aliphatic rings. The van der Waals surface area contributed by atoms with Crippen LogP contribution in [0.2, 0.25) is 0 Å². The summed E-state index contributed by atoms with van der Waals surface area (Å²) in [5, 5.41) is 2.72. The van der Waals surface area contributed by atoms with Crippen LogP contribution in [0.5, 0.6) is 0 Å². The number of nitrogens with zero attached hydrogens (tertiary/aromatic N) is 3. The van der Waals surface area contributed by atoms with Crippen molar-refractivity contribution >= 4 is 33.2 Å². The first kappa shape index (κ1) is 26.5. The van der Waals surface area contributed by atoms with Gasteiger partial charge in [0, 0.05) is 37.6 Å². The normalized spacial score (nSPS) is 23.0. The zero-order valence-corrected chi connectivity index (χ0v) is 23.2.